The number of hydrogen-bond acceptors (Lipinski definition) is 5. The van der Waals surface area contributed by atoms with Crippen LogP contribution in [-0.2, 0) is 25.5 Å². The summed E-state index contributed by atoms with van der Waals surface area (Å²) in [6.07, 6.45) is 5.31. The third kappa shape index (κ3) is 8.91. The zero-order valence-corrected chi connectivity index (χ0v) is 18.7. The van der Waals surface area contributed by atoms with Crippen LogP contribution in [0, 0.1) is 5.92 Å². The molecule has 0 bridgehead atoms. The van der Waals surface area contributed by atoms with Crippen molar-refractivity contribution in [1.82, 2.24) is 10.6 Å². The molecule has 1 aromatic carbocycles. The first-order valence-electron chi connectivity index (χ1n) is 12.7. The van der Waals surface area contributed by atoms with Crippen LogP contribution in [0.25, 0.3) is 0 Å². The lowest BCUT2D eigenvalue weighted by atomic mass is 9.81. The van der Waals surface area contributed by atoms with Gasteiger partial charge in [-0.2, -0.15) is 0 Å². The van der Waals surface area contributed by atoms with Gasteiger partial charge in [-0.15, -0.1) is 0 Å². The van der Waals surface area contributed by atoms with Crippen LogP contribution in [0.5, 0.6) is 0 Å². The molecule has 0 aromatic heterocycles. The van der Waals surface area contributed by atoms with Crippen molar-refractivity contribution in [3.63, 3.8) is 0 Å². The lowest BCUT2D eigenvalue weighted by Crippen LogP contribution is -2.42. The van der Waals surface area contributed by atoms with Crippen molar-refractivity contribution in [2.45, 2.75) is 71.2 Å². The number of ketones is 2. The van der Waals surface area contributed by atoms with Crippen LogP contribution in [0.15, 0.2) is 24.3 Å². The Morgan fingerprint density at radius 1 is 1.12 bits per heavy atom. The molecule has 0 radical (unpaired) electrons. The highest BCUT2D eigenvalue weighted by molar-refractivity contribution is 5.94. The van der Waals surface area contributed by atoms with Gasteiger partial charge in [0.25, 0.3) is 5.91 Å². The summed E-state index contributed by atoms with van der Waals surface area (Å²) in [7, 11) is 0. The van der Waals surface area contributed by atoms with E-state index in [1.54, 1.807) is 0 Å². The summed E-state index contributed by atoms with van der Waals surface area (Å²) in [6, 6.07) is 6.78. The van der Waals surface area contributed by atoms with Gasteiger partial charge in [-0.25, -0.2) is 0 Å². The maximum atomic E-state index is 12.3. The molecule has 0 unspecified atom stereocenters. The summed E-state index contributed by atoms with van der Waals surface area (Å²) in [5.74, 6) is -0.358. The zero-order chi connectivity index (χ0) is 24.8. The Labute approximate surface area is 193 Å². The van der Waals surface area contributed by atoms with E-state index >= 15 is 0 Å². The summed E-state index contributed by atoms with van der Waals surface area (Å²) >= 11 is 0. The highest BCUT2D eigenvalue weighted by Crippen LogP contribution is 2.29. The van der Waals surface area contributed by atoms with E-state index in [9.17, 15) is 19.2 Å². The molecule has 0 spiro atoms. The highest BCUT2D eigenvalue weighted by atomic mass is 16.5. The molecule has 1 fully saturated rings. The first kappa shape index (κ1) is 22.6. The molecule has 0 heterocycles. The van der Waals surface area contributed by atoms with Gasteiger partial charge >= 0.3 is 0 Å². The average Bonchev–Trinajstić information content (AvgIpc) is 2.79. The molecule has 2 rings (SSSR count). The van der Waals surface area contributed by atoms with Gasteiger partial charge < -0.3 is 15.4 Å². The molecule has 1 aliphatic rings. The van der Waals surface area contributed by atoms with E-state index in [0.717, 1.165) is 12.3 Å². The van der Waals surface area contributed by atoms with Crippen molar-refractivity contribution in [2.75, 3.05) is 19.8 Å². The topological polar surface area (TPSA) is 102 Å². The number of rotatable bonds is 15. The molecule has 7 nitrogen and oxygen atoms in total. The Bertz CT molecular complexity index is 812. The summed E-state index contributed by atoms with van der Waals surface area (Å²) in [6.45, 7) is -0.0139. The number of nitrogens with one attached hydrogen (secondary N) is 2. The highest BCUT2D eigenvalue weighted by Gasteiger charge is 2.20. The van der Waals surface area contributed by atoms with Crippen molar-refractivity contribution >= 4 is 23.4 Å². The van der Waals surface area contributed by atoms with Crippen molar-refractivity contribution < 1.29 is 26.7 Å². The fourth-order valence-corrected chi connectivity index (χ4v) is 3.48. The smallest absolute Gasteiger partial charge is 0.251 e. The molecule has 2 N–H and O–H groups in total. The first-order chi connectivity index (χ1) is 16.4. The second-order valence-corrected chi connectivity index (χ2v) is 8.17. The van der Waals surface area contributed by atoms with Gasteiger partial charge in [-0.1, -0.05) is 45.2 Å². The van der Waals surface area contributed by atoms with Crippen molar-refractivity contribution in [3.05, 3.63) is 35.4 Å². The number of amides is 2. The molecule has 176 valence electrons. The van der Waals surface area contributed by atoms with Gasteiger partial charge in [0.2, 0.25) is 5.91 Å². The minimum absolute atomic E-state index is 0.00731. The molecule has 32 heavy (non-hydrogen) atoms. The number of ether oxygens (including phenoxy) is 1. The SMILES string of the molecule is [2H]CCC(=O)CC[C@H](NC(=O)COCCNC(=O)c1ccc(CC2CCC2)cc1)C(=O)CC[2H]. The monoisotopic (exact) mass is 446 g/mol. The Balaban J connectivity index is 1.65. The molecular weight excluding hydrogens is 408 g/mol. The van der Waals surface area contributed by atoms with E-state index in [4.69, 9.17) is 7.48 Å². The number of benzene rings is 1. The van der Waals surface area contributed by atoms with Gasteiger partial charge in [0, 0.05) is 34.1 Å². The quantitative estimate of drug-likeness (QED) is 0.403. The Hall–Kier alpha value is -2.54. The van der Waals surface area contributed by atoms with Gasteiger partial charge in [0.15, 0.2) is 5.78 Å². The van der Waals surface area contributed by atoms with Gasteiger partial charge in [0.05, 0.1) is 12.6 Å². The van der Waals surface area contributed by atoms with Crippen LogP contribution in [0.2, 0.25) is 0 Å². The molecule has 7 heteroatoms. The minimum atomic E-state index is -0.844. The lowest BCUT2D eigenvalue weighted by Gasteiger charge is -2.25. The minimum Gasteiger partial charge on any atom is -0.370 e. The summed E-state index contributed by atoms with van der Waals surface area (Å²) in [5, 5.41) is 5.32. The number of Topliss-reactive ketones (excluding diaryl/α,β-unsaturated/α-hetero) is 2. The molecule has 0 saturated heterocycles. The third-order valence-corrected chi connectivity index (χ3v) is 5.69. The zero-order valence-electron chi connectivity index (χ0n) is 20.7. The summed E-state index contributed by atoms with van der Waals surface area (Å²) in [4.78, 5) is 48.2. The predicted octanol–water partition coefficient (Wildman–Crippen LogP) is 3.00. The molecule has 0 aliphatic heterocycles. The van der Waals surface area contributed by atoms with Crippen LogP contribution in [0.4, 0.5) is 0 Å². The number of carbonyl (C=O) groups excluding carboxylic acids is 4. The molecule has 2 amide bonds. The second-order valence-electron chi connectivity index (χ2n) is 8.17. The molecule has 1 atom stereocenters. The van der Waals surface area contributed by atoms with E-state index in [0.29, 0.717) is 5.56 Å². The fraction of sp³-hybridized carbons (Fsp3) is 0.600. The van der Waals surface area contributed by atoms with E-state index in [1.807, 2.05) is 24.3 Å². The molecule has 1 aliphatic carbocycles. The van der Waals surface area contributed by atoms with Crippen molar-refractivity contribution in [3.8, 4) is 0 Å². The molecular formula is C25H36N2O5. The molecule has 1 aromatic rings. The largest absolute Gasteiger partial charge is 0.370 e. The number of carbonyl (C=O) groups is 4. The standard InChI is InChI=1S/C25H36N2O5/c1-3-21(28)12-13-22(23(29)4-2)27-24(30)17-32-15-14-26-25(31)20-10-8-19(9-11-20)16-18-6-5-7-18/h8-11,18,22H,3-7,12-17H2,1-2H3,(H,26,31)(H,27,30)/t22-/m0/s1/i1D,2D. The third-order valence-electron chi connectivity index (χ3n) is 5.69. The van der Waals surface area contributed by atoms with Crippen LogP contribution < -0.4 is 10.6 Å². The summed E-state index contributed by atoms with van der Waals surface area (Å²) in [5.41, 5.74) is 1.82. The Morgan fingerprint density at radius 2 is 1.88 bits per heavy atom. The van der Waals surface area contributed by atoms with Gasteiger partial charge in [0.1, 0.15) is 12.4 Å². The normalized spacial score (nSPS) is 15.1. The fourth-order valence-electron chi connectivity index (χ4n) is 3.48. The Kier molecular flexibility index (Phi) is 9.75. The maximum absolute atomic E-state index is 12.3. The summed E-state index contributed by atoms with van der Waals surface area (Å²) < 4.78 is 19.6. The van der Waals surface area contributed by atoms with Crippen LogP contribution >= 0.6 is 0 Å². The number of hydrogen-bond donors (Lipinski definition) is 2. The molecule has 1 saturated carbocycles. The van der Waals surface area contributed by atoms with Gasteiger partial charge in [-0.3, -0.25) is 19.2 Å². The second kappa shape index (κ2) is 13.8. The van der Waals surface area contributed by atoms with Gasteiger partial charge in [-0.05, 0) is 36.5 Å². The Morgan fingerprint density at radius 3 is 2.53 bits per heavy atom. The van der Waals surface area contributed by atoms with E-state index in [-0.39, 0.29) is 76.7 Å². The van der Waals surface area contributed by atoms with Crippen LogP contribution in [0.1, 0.15) is 77.4 Å². The van der Waals surface area contributed by atoms with Crippen LogP contribution in [-0.4, -0.2) is 49.2 Å². The van der Waals surface area contributed by atoms with Crippen LogP contribution in [0.3, 0.4) is 0 Å². The van der Waals surface area contributed by atoms with E-state index < -0.39 is 11.9 Å². The predicted molar refractivity (Wildman–Crippen MR) is 122 cm³/mol. The average molecular weight is 447 g/mol. The van der Waals surface area contributed by atoms with E-state index in [1.165, 1.54) is 24.8 Å². The van der Waals surface area contributed by atoms with Crippen molar-refractivity contribution in [2.24, 2.45) is 5.92 Å². The lowest BCUT2D eigenvalue weighted by molar-refractivity contribution is -0.131. The van der Waals surface area contributed by atoms with Crippen molar-refractivity contribution in [1.29, 1.82) is 0 Å². The first-order valence-corrected chi connectivity index (χ1v) is 11.3. The van der Waals surface area contributed by atoms with E-state index in [2.05, 4.69) is 10.6 Å². The maximum Gasteiger partial charge on any atom is 0.251 e.